The fourth-order valence-corrected chi connectivity index (χ4v) is 2.52. The van der Waals surface area contributed by atoms with E-state index in [0.29, 0.717) is 16.0 Å². The second kappa shape index (κ2) is 7.18. The van der Waals surface area contributed by atoms with Crippen LogP contribution in [0, 0.1) is 10.1 Å². The Morgan fingerprint density at radius 1 is 1.24 bits per heavy atom. The number of carbonyl (C=O) groups excluding carboxylic acids is 1. The molecule has 1 amide bonds. The molecule has 9 nitrogen and oxygen atoms in total. The smallest absolute Gasteiger partial charge is 0.270 e. The van der Waals surface area contributed by atoms with E-state index in [9.17, 15) is 14.9 Å². The van der Waals surface area contributed by atoms with Crippen molar-refractivity contribution in [3.05, 3.63) is 63.1 Å². The molecule has 0 aliphatic rings. The van der Waals surface area contributed by atoms with Crippen molar-refractivity contribution < 1.29 is 9.72 Å². The van der Waals surface area contributed by atoms with Crippen molar-refractivity contribution >= 4 is 33.2 Å². The lowest BCUT2D eigenvalue weighted by atomic mass is 10.2. The van der Waals surface area contributed by atoms with Gasteiger partial charge in [0, 0.05) is 22.2 Å². The van der Waals surface area contributed by atoms with Crippen LogP contribution in [0.5, 0.6) is 0 Å². The van der Waals surface area contributed by atoms with Crippen LogP contribution in [-0.2, 0) is 11.3 Å². The molecule has 126 valence electrons. The Morgan fingerprint density at radius 2 is 2.00 bits per heavy atom. The van der Waals surface area contributed by atoms with E-state index in [1.165, 1.54) is 23.0 Å². The first kappa shape index (κ1) is 16.7. The predicted molar refractivity (Wildman–Crippen MR) is 92.7 cm³/mol. The van der Waals surface area contributed by atoms with Crippen molar-refractivity contribution in [2.45, 2.75) is 6.54 Å². The third-order valence-corrected chi connectivity index (χ3v) is 3.86. The van der Waals surface area contributed by atoms with Gasteiger partial charge in [-0.1, -0.05) is 30.3 Å². The van der Waals surface area contributed by atoms with E-state index < -0.39 is 4.92 Å². The Labute approximate surface area is 149 Å². The van der Waals surface area contributed by atoms with Crippen LogP contribution in [0.1, 0.15) is 0 Å². The Bertz CT molecular complexity index is 928. The molecule has 0 aliphatic heterocycles. The predicted octanol–water partition coefficient (Wildman–Crippen LogP) is 2.65. The van der Waals surface area contributed by atoms with E-state index in [2.05, 4.69) is 36.7 Å². The standard InChI is InChI=1S/C15H11BrN6O3/c16-12-8-11(22(24)25)6-7-13(12)17-14(23)9-21-19-15(18-20-21)10-4-2-1-3-5-10/h1-8H,9H2,(H,17,23). The van der Waals surface area contributed by atoms with Crippen LogP contribution >= 0.6 is 15.9 Å². The number of nitro groups is 1. The van der Waals surface area contributed by atoms with Gasteiger partial charge in [0.05, 0.1) is 10.6 Å². The number of nitro benzene ring substituents is 1. The average Bonchev–Trinajstić information content (AvgIpc) is 3.05. The Hall–Kier alpha value is -3.14. The Balaban J connectivity index is 1.67. The number of rotatable bonds is 5. The molecule has 0 saturated carbocycles. The summed E-state index contributed by atoms with van der Waals surface area (Å²) in [5.74, 6) is 0.0384. The molecule has 10 heteroatoms. The number of hydrogen-bond donors (Lipinski definition) is 1. The second-order valence-electron chi connectivity index (χ2n) is 4.98. The molecule has 0 fully saturated rings. The van der Waals surface area contributed by atoms with Crippen LogP contribution in [-0.4, -0.2) is 31.0 Å². The maximum absolute atomic E-state index is 12.1. The first-order chi connectivity index (χ1) is 12.0. The lowest BCUT2D eigenvalue weighted by Gasteiger charge is -2.06. The second-order valence-corrected chi connectivity index (χ2v) is 5.83. The van der Waals surface area contributed by atoms with Gasteiger partial charge in [-0.3, -0.25) is 14.9 Å². The number of carbonyl (C=O) groups is 1. The van der Waals surface area contributed by atoms with Gasteiger partial charge in [0.25, 0.3) is 5.69 Å². The average molecular weight is 403 g/mol. The lowest BCUT2D eigenvalue weighted by Crippen LogP contribution is -2.20. The lowest BCUT2D eigenvalue weighted by molar-refractivity contribution is -0.384. The molecule has 1 aromatic heterocycles. The van der Waals surface area contributed by atoms with E-state index in [-0.39, 0.29) is 18.1 Å². The fraction of sp³-hybridized carbons (Fsp3) is 0.0667. The third-order valence-electron chi connectivity index (χ3n) is 3.21. The van der Waals surface area contributed by atoms with Crippen molar-refractivity contribution in [2.24, 2.45) is 0 Å². The number of anilines is 1. The Kier molecular flexibility index (Phi) is 4.80. The minimum atomic E-state index is -0.513. The normalized spacial score (nSPS) is 10.4. The van der Waals surface area contributed by atoms with E-state index in [4.69, 9.17) is 0 Å². The quantitative estimate of drug-likeness (QED) is 0.517. The van der Waals surface area contributed by atoms with Gasteiger partial charge in [-0.25, -0.2) is 0 Å². The highest BCUT2D eigenvalue weighted by Gasteiger charge is 2.13. The molecule has 0 aliphatic carbocycles. The summed E-state index contributed by atoms with van der Waals surface area (Å²) in [6, 6.07) is 13.3. The minimum Gasteiger partial charge on any atom is -0.323 e. The molecule has 0 atom stereocenters. The van der Waals surface area contributed by atoms with Crippen molar-refractivity contribution in [2.75, 3.05) is 5.32 Å². The SMILES string of the molecule is O=C(Cn1nnc(-c2ccccc2)n1)Nc1ccc([N+](=O)[O-])cc1Br. The van der Waals surface area contributed by atoms with Gasteiger partial charge in [0.15, 0.2) is 0 Å². The number of halogens is 1. The maximum Gasteiger partial charge on any atom is 0.270 e. The molecule has 3 aromatic rings. The summed E-state index contributed by atoms with van der Waals surface area (Å²) in [6.07, 6.45) is 0. The highest BCUT2D eigenvalue weighted by Crippen LogP contribution is 2.27. The summed E-state index contributed by atoms with van der Waals surface area (Å²) in [5.41, 5.74) is 1.14. The molecule has 0 radical (unpaired) electrons. The van der Waals surface area contributed by atoms with Crippen LogP contribution < -0.4 is 5.32 Å². The van der Waals surface area contributed by atoms with Gasteiger partial charge in [-0.15, -0.1) is 10.2 Å². The minimum absolute atomic E-state index is 0.0738. The third kappa shape index (κ3) is 4.04. The molecule has 0 unspecified atom stereocenters. The van der Waals surface area contributed by atoms with Gasteiger partial charge in [-0.05, 0) is 27.2 Å². The maximum atomic E-state index is 12.1. The number of amides is 1. The number of tetrazole rings is 1. The zero-order valence-electron chi connectivity index (χ0n) is 12.7. The van der Waals surface area contributed by atoms with E-state index >= 15 is 0 Å². The molecule has 2 aromatic carbocycles. The number of aromatic nitrogens is 4. The van der Waals surface area contributed by atoms with E-state index in [1.807, 2.05) is 30.3 Å². The number of nitrogens with zero attached hydrogens (tertiary/aromatic N) is 5. The van der Waals surface area contributed by atoms with Gasteiger partial charge in [0.1, 0.15) is 6.54 Å². The highest BCUT2D eigenvalue weighted by molar-refractivity contribution is 9.10. The van der Waals surface area contributed by atoms with Crippen molar-refractivity contribution in [1.82, 2.24) is 20.2 Å². The first-order valence-corrected chi connectivity index (χ1v) is 7.89. The molecule has 1 N–H and O–H groups in total. The van der Waals surface area contributed by atoms with E-state index in [0.717, 1.165) is 5.56 Å². The monoisotopic (exact) mass is 402 g/mol. The van der Waals surface area contributed by atoms with Crippen molar-refractivity contribution in [3.63, 3.8) is 0 Å². The van der Waals surface area contributed by atoms with Gasteiger partial charge < -0.3 is 5.32 Å². The molecular formula is C15H11BrN6O3. The largest absolute Gasteiger partial charge is 0.323 e. The summed E-state index contributed by atoms with van der Waals surface area (Å²) in [7, 11) is 0. The van der Waals surface area contributed by atoms with Crippen LogP contribution in [0.4, 0.5) is 11.4 Å². The van der Waals surface area contributed by atoms with E-state index in [1.54, 1.807) is 0 Å². The van der Waals surface area contributed by atoms with Gasteiger partial charge >= 0.3 is 0 Å². The van der Waals surface area contributed by atoms with Crippen LogP contribution in [0.3, 0.4) is 0 Å². The molecule has 0 saturated heterocycles. The molecule has 1 heterocycles. The molecule has 0 spiro atoms. The summed E-state index contributed by atoms with van der Waals surface area (Å²) in [6.45, 7) is -0.136. The number of hydrogen-bond acceptors (Lipinski definition) is 6. The van der Waals surface area contributed by atoms with Crippen LogP contribution in [0.15, 0.2) is 53.0 Å². The fourth-order valence-electron chi connectivity index (χ4n) is 2.05. The number of benzene rings is 2. The van der Waals surface area contributed by atoms with Gasteiger partial charge in [0.2, 0.25) is 11.7 Å². The Morgan fingerprint density at radius 3 is 2.68 bits per heavy atom. The van der Waals surface area contributed by atoms with Crippen LogP contribution in [0.25, 0.3) is 11.4 Å². The zero-order chi connectivity index (χ0) is 17.8. The highest BCUT2D eigenvalue weighted by atomic mass is 79.9. The van der Waals surface area contributed by atoms with Gasteiger partial charge in [-0.2, -0.15) is 4.80 Å². The topological polar surface area (TPSA) is 116 Å². The van der Waals surface area contributed by atoms with Crippen LogP contribution in [0.2, 0.25) is 0 Å². The molecule has 3 rings (SSSR count). The molecular weight excluding hydrogens is 392 g/mol. The van der Waals surface area contributed by atoms with Crippen molar-refractivity contribution in [3.8, 4) is 11.4 Å². The summed E-state index contributed by atoms with van der Waals surface area (Å²) in [4.78, 5) is 23.5. The summed E-state index contributed by atoms with van der Waals surface area (Å²) < 4.78 is 0.409. The first-order valence-electron chi connectivity index (χ1n) is 7.10. The molecule has 0 bridgehead atoms. The molecule has 25 heavy (non-hydrogen) atoms. The van der Waals surface area contributed by atoms with Crippen molar-refractivity contribution in [1.29, 1.82) is 0 Å². The number of non-ortho nitro benzene ring substituents is 1. The summed E-state index contributed by atoms with van der Waals surface area (Å²) >= 11 is 3.19. The summed E-state index contributed by atoms with van der Waals surface area (Å²) in [5, 5.41) is 25.3. The zero-order valence-corrected chi connectivity index (χ0v) is 14.3. The number of nitrogens with one attached hydrogen (secondary N) is 1.